The second-order valence-corrected chi connectivity index (χ2v) is 3.86. The number of hydrogen-bond donors (Lipinski definition) is 3. The molecule has 1 unspecified atom stereocenters. The van der Waals surface area contributed by atoms with Crippen LogP contribution in [0.5, 0.6) is 0 Å². The number of aliphatic hydroxyl groups is 1. The van der Waals surface area contributed by atoms with E-state index in [2.05, 4.69) is 5.32 Å². The van der Waals surface area contributed by atoms with Crippen LogP contribution < -0.4 is 11.1 Å². The van der Waals surface area contributed by atoms with Crippen molar-refractivity contribution in [1.82, 2.24) is 5.32 Å². The molecule has 0 aromatic heterocycles. The van der Waals surface area contributed by atoms with Crippen molar-refractivity contribution >= 4 is 0 Å². The third-order valence-electron chi connectivity index (χ3n) is 2.86. The number of β-amino-alcohol motifs (C(OH)–C–C–N with tert-alkyl or cyclic N) is 1. The molecule has 1 heterocycles. The van der Waals surface area contributed by atoms with Gasteiger partial charge in [-0.1, -0.05) is 24.3 Å². The normalized spacial score (nSPS) is 26.7. The number of rotatable bonds is 2. The summed E-state index contributed by atoms with van der Waals surface area (Å²) in [5, 5.41) is 13.4. The lowest BCUT2D eigenvalue weighted by Gasteiger charge is -2.21. The van der Waals surface area contributed by atoms with Gasteiger partial charge in [0, 0.05) is 13.1 Å². The molecule has 14 heavy (non-hydrogen) atoms. The predicted octanol–water partition coefficient (Wildman–Crippen LogP) is 0.326. The van der Waals surface area contributed by atoms with E-state index in [-0.39, 0.29) is 0 Å². The van der Waals surface area contributed by atoms with Gasteiger partial charge in [-0.2, -0.15) is 0 Å². The second-order valence-electron chi connectivity index (χ2n) is 3.86. The molecule has 0 aliphatic carbocycles. The molecule has 2 rings (SSSR count). The van der Waals surface area contributed by atoms with Gasteiger partial charge in [-0.15, -0.1) is 0 Å². The third-order valence-corrected chi connectivity index (χ3v) is 2.86. The quantitative estimate of drug-likeness (QED) is 0.632. The van der Waals surface area contributed by atoms with Gasteiger partial charge in [0.1, 0.15) is 5.60 Å². The highest BCUT2D eigenvalue weighted by Gasteiger charge is 2.32. The van der Waals surface area contributed by atoms with Crippen molar-refractivity contribution in [2.45, 2.75) is 18.6 Å². The highest BCUT2D eigenvalue weighted by atomic mass is 16.3. The first-order valence-corrected chi connectivity index (χ1v) is 4.97. The van der Waals surface area contributed by atoms with Gasteiger partial charge in [0.15, 0.2) is 0 Å². The van der Waals surface area contributed by atoms with Gasteiger partial charge in [0.2, 0.25) is 0 Å². The first kappa shape index (κ1) is 9.65. The van der Waals surface area contributed by atoms with Gasteiger partial charge >= 0.3 is 0 Å². The molecule has 0 radical (unpaired) electrons. The van der Waals surface area contributed by atoms with Crippen LogP contribution in [0.2, 0.25) is 0 Å². The highest BCUT2D eigenvalue weighted by Crippen LogP contribution is 2.27. The fraction of sp³-hybridized carbons (Fsp3) is 0.455. The maximum Gasteiger partial charge on any atom is 0.103 e. The Bertz CT molecular complexity index is 302. The minimum Gasteiger partial charge on any atom is -0.384 e. The number of nitrogens with one attached hydrogen (secondary N) is 1. The molecule has 0 saturated carbocycles. The van der Waals surface area contributed by atoms with Crippen molar-refractivity contribution in [2.24, 2.45) is 5.73 Å². The second kappa shape index (κ2) is 3.69. The predicted molar refractivity (Wildman–Crippen MR) is 55.7 cm³/mol. The van der Waals surface area contributed by atoms with Crippen LogP contribution in [0.15, 0.2) is 24.3 Å². The summed E-state index contributed by atoms with van der Waals surface area (Å²) >= 11 is 0. The van der Waals surface area contributed by atoms with Gasteiger partial charge in [0.25, 0.3) is 0 Å². The van der Waals surface area contributed by atoms with E-state index < -0.39 is 5.60 Å². The van der Waals surface area contributed by atoms with Gasteiger partial charge in [0.05, 0.1) is 0 Å². The van der Waals surface area contributed by atoms with Gasteiger partial charge in [-0.3, -0.25) is 0 Å². The lowest BCUT2D eigenvalue weighted by atomic mass is 9.92. The van der Waals surface area contributed by atoms with Crippen LogP contribution in [0.1, 0.15) is 17.5 Å². The summed E-state index contributed by atoms with van der Waals surface area (Å²) in [7, 11) is 0. The zero-order chi connectivity index (χ0) is 10.0. The SMILES string of the molecule is NCc1ccc(C2(O)CCNC2)cc1. The summed E-state index contributed by atoms with van der Waals surface area (Å²) in [6.07, 6.45) is 0.787. The summed E-state index contributed by atoms with van der Waals surface area (Å²) in [4.78, 5) is 0. The minimum atomic E-state index is -0.673. The van der Waals surface area contributed by atoms with Crippen molar-refractivity contribution in [3.05, 3.63) is 35.4 Å². The molecule has 0 bridgehead atoms. The number of benzene rings is 1. The Morgan fingerprint density at radius 2 is 2.07 bits per heavy atom. The van der Waals surface area contributed by atoms with E-state index in [4.69, 9.17) is 5.73 Å². The lowest BCUT2D eigenvalue weighted by molar-refractivity contribution is 0.0587. The smallest absolute Gasteiger partial charge is 0.103 e. The molecule has 4 N–H and O–H groups in total. The maximum absolute atomic E-state index is 10.2. The van der Waals surface area contributed by atoms with Crippen molar-refractivity contribution in [2.75, 3.05) is 13.1 Å². The van der Waals surface area contributed by atoms with E-state index in [0.717, 1.165) is 24.1 Å². The molecule has 0 amide bonds. The molecule has 1 atom stereocenters. The van der Waals surface area contributed by atoms with Gasteiger partial charge in [-0.25, -0.2) is 0 Å². The monoisotopic (exact) mass is 192 g/mol. The fourth-order valence-corrected chi connectivity index (χ4v) is 1.88. The van der Waals surface area contributed by atoms with E-state index in [1.807, 2.05) is 24.3 Å². The van der Waals surface area contributed by atoms with Crippen LogP contribution in [0.3, 0.4) is 0 Å². The van der Waals surface area contributed by atoms with Crippen molar-refractivity contribution in [3.8, 4) is 0 Å². The van der Waals surface area contributed by atoms with Gasteiger partial charge in [-0.05, 0) is 24.1 Å². The fourth-order valence-electron chi connectivity index (χ4n) is 1.88. The molecule has 1 aliphatic rings. The zero-order valence-electron chi connectivity index (χ0n) is 8.16. The molecule has 1 aromatic rings. The Morgan fingerprint density at radius 3 is 2.57 bits per heavy atom. The summed E-state index contributed by atoms with van der Waals surface area (Å²) in [5.41, 5.74) is 6.92. The van der Waals surface area contributed by atoms with Crippen molar-refractivity contribution in [1.29, 1.82) is 0 Å². The largest absolute Gasteiger partial charge is 0.384 e. The van der Waals surface area contributed by atoms with E-state index in [1.54, 1.807) is 0 Å². The summed E-state index contributed by atoms with van der Waals surface area (Å²) in [6.45, 7) is 2.08. The highest BCUT2D eigenvalue weighted by molar-refractivity contribution is 5.28. The standard InChI is InChI=1S/C11H16N2O/c12-7-9-1-3-10(4-2-9)11(14)5-6-13-8-11/h1-4,13-14H,5-8,12H2. The Balaban J connectivity index is 2.23. The van der Waals surface area contributed by atoms with Crippen molar-refractivity contribution in [3.63, 3.8) is 0 Å². The number of hydrogen-bond acceptors (Lipinski definition) is 3. The Labute approximate surface area is 83.9 Å². The van der Waals surface area contributed by atoms with E-state index >= 15 is 0 Å². The Kier molecular flexibility index (Phi) is 2.54. The lowest BCUT2D eigenvalue weighted by Crippen LogP contribution is -2.28. The zero-order valence-corrected chi connectivity index (χ0v) is 8.16. The molecule has 1 aromatic carbocycles. The molecule has 1 fully saturated rings. The van der Waals surface area contributed by atoms with Crippen molar-refractivity contribution < 1.29 is 5.11 Å². The van der Waals surface area contributed by atoms with Crippen LogP contribution >= 0.6 is 0 Å². The Morgan fingerprint density at radius 1 is 1.36 bits per heavy atom. The molecule has 76 valence electrons. The third kappa shape index (κ3) is 1.66. The van der Waals surface area contributed by atoms with E-state index in [9.17, 15) is 5.11 Å². The van der Waals surface area contributed by atoms with Crippen LogP contribution in [0, 0.1) is 0 Å². The van der Waals surface area contributed by atoms with Crippen LogP contribution in [0.25, 0.3) is 0 Å². The van der Waals surface area contributed by atoms with E-state index in [1.165, 1.54) is 0 Å². The van der Waals surface area contributed by atoms with Gasteiger partial charge < -0.3 is 16.2 Å². The molecule has 1 aliphatic heterocycles. The first-order chi connectivity index (χ1) is 6.74. The molecular formula is C11H16N2O. The summed E-state index contributed by atoms with van der Waals surface area (Å²) < 4.78 is 0. The summed E-state index contributed by atoms with van der Waals surface area (Å²) in [6, 6.07) is 7.89. The molecular weight excluding hydrogens is 176 g/mol. The van der Waals surface area contributed by atoms with Crippen LogP contribution in [-0.2, 0) is 12.1 Å². The van der Waals surface area contributed by atoms with Crippen LogP contribution in [0.4, 0.5) is 0 Å². The molecule has 3 heteroatoms. The maximum atomic E-state index is 10.2. The summed E-state index contributed by atoms with van der Waals surface area (Å²) in [5.74, 6) is 0. The number of nitrogens with two attached hydrogens (primary N) is 1. The topological polar surface area (TPSA) is 58.3 Å². The molecule has 0 spiro atoms. The average molecular weight is 192 g/mol. The molecule has 1 saturated heterocycles. The molecule has 3 nitrogen and oxygen atoms in total. The average Bonchev–Trinajstić information content (AvgIpc) is 2.67. The van der Waals surface area contributed by atoms with Crippen LogP contribution in [-0.4, -0.2) is 18.2 Å². The Hall–Kier alpha value is -0.900. The minimum absolute atomic E-state index is 0.553. The van der Waals surface area contributed by atoms with E-state index in [0.29, 0.717) is 13.1 Å². The first-order valence-electron chi connectivity index (χ1n) is 4.97.